The van der Waals surface area contributed by atoms with Crippen molar-refractivity contribution in [1.29, 1.82) is 0 Å². The van der Waals surface area contributed by atoms with Crippen molar-refractivity contribution in [2.45, 2.75) is 0 Å². The first-order valence-corrected chi connectivity index (χ1v) is 4.65. The summed E-state index contributed by atoms with van der Waals surface area (Å²) in [7, 11) is 1.80. The van der Waals surface area contributed by atoms with E-state index in [0.717, 1.165) is 0 Å². The summed E-state index contributed by atoms with van der Waals surface area (Å²) in [5.41, 5.74) is 0.0794. The topological polar surface area (TPSA) is 53.4 Å². The molecular weight excluding hydrogens is 216 g/mol. The van der Waals surface area contributed by atoms with Crippen LogP contribution < -0.4 is 4.90 Å². The molecule has 0 aliphatic rings. The molecule has 1 aromatic rings. The van der Waals surface area contributed by atoms with Crippen LogP contribution in [0, 0.1) is 0 Å². The monoisotopic (exact) mass is 226 g/mol. The Bertz CT molecular complexity index is 393. The van der Waals surface area contributed by atoms with E-state index in [-0.39, 0.29) is 5.56 Å². The largest absolute Gasteiger partial charge is 0.478 e. The van der Waals surface area contributed by atoms with E-state index >= 15 is 0 Å². The van der Waals surface area contributed by atoms with Gasteiger partial charge in [-0.25, -0.2) is 9.78 Å². The smallest absolute Gasteiger partial charge is 0.337 e. The number of carboxylic acid groups (broad SMARTS) is 1. The zero-order chi connectivity index (χ0) is 11.4. The summed E-state index contributed by atoms with van der Waals surface area (Å²) in [4.78, 5) is 16.4. The van der Waals surface area contributed by atoms with E-state index in [1.54, 1.807) is 18.0 Å². The molecule has 0 aliphatic heterocycles. The molecule has 0 spiro atoms. The number of nitrogens with zero attached hydrogens (tertiary/aromatic N) is 2. The van der Waals surface area contributed by atoms with E-state index in [1.807, 2.05) is 0 Å². The highest BCUT2D eigenvalue weighted by Crippen LogP contribution is 2.22. The van der Waals surface area contributed by atoms with Crippen molar-refractivity contribution in [1.82, 2.24) is 4.98 Å². The number of pyridine rings is 1. The Balaban J connectivity index is 3.02. The number of rotatable bonds is 4. The summed E-state index contributed by atoms with van der Waals surface area (Å²) in [5.74, 6) is -0.496. The van der Waals surface area contributed by atoms with Gasteiger partial charge in [0.05, 0.1) is 10.6 Å². The van der Waals surface area contributed by atoms with Gasteiger partial charge in [-0.15, -0.1) is 6.58 Å². The summed E-state index contributed by atoms with van der Waals surface area (Å²) in [6, 6.07) is 1.38. The molecule has 1 rings (SSSR count). The number of hydrogen-bond donors (Lipinski definition) is 1. The summed E-state index contributed by atoms with van der Waals surface area (Å²) >= 11 is 5.90. The Kier molecular flexibility index (Phi) is 3.68. The Morgan fingerprint density at radius 1 is 1.80 bits per heavy atom. The minimum absolute atomic E-state index is 0.0794. The molecule has 0 aliphatic carbocycles. The molecule has 0 amide bonds. The fourth-order valence-electron chi connectivity index (χ4n) is 1.11. The summed E-state index contributed by atoms with van der Waals surface area (Å²) in [5, 5.41) is 9.03. The maximum atomic E-state index is 10.6. The Hall–Kier alpha value is -1.55. The Labute approximate surface area is 92.8 Å². The van der Waals surface area contributed by atoms with Crippen LogP contribution in [0.1, 0.15) is 10.4 Å². The van der Waals surface area contributed by atoms with Crippen molar-refractivity contribution in [3.05, 3.63) is 35.5 Å². The van der Waals surface area contributed by atoms with Crippen LogP contribution >= 0.6 is 11.6 Å². The molecule has 1 aromatic heterocycles. The average molecular weight is 227 g/mol. The van der Waals surface area contributed by atoms with Crippen molar-refractivity contribution in [3.8, 4) is 0 Å². The number of aromatic carboxylic acids is 1. The van der Waals surface area contributed by atoms with Crippen molar-refractivity contribution in [2.75, 3.05) is 18.5 Å². The Morgan fingerprint density at radius 2 is 2.47 bits per heavy atom. The van der Waals surface area contributed by atoms with Crippen LogP contribution in [0.2, 0.25) is 5.02 Å². The zero-order valence-corrected chi connectivity index (χ0v) is 9.03. The van der Waals surface area contributed by atoms with Gasteiger partial charge in [-0.05, 0) is 6.07 Å². The molecule has 0 unspecified atom stereocenters. The van der Waals surface area contributed by atoms with Gasteiger partial charge in [0.25, 0.3) is 0 Å². The summed E-state index contributed by atoms with van der Waals surface area (Å²) in [6.45, 7) is 4.19. The maximum absolute atomic E-state index is 10.6. The Morgan fingerprint density at radius 3 is 2.93 bits per heavy atom. The SMILES string of the molecule is C=CCN(C)c1ncc(C(=O)O)cc1Cl. The van der Waals surface area contributed by atoms with Crippen molar-refractivity contribution < 1.29 is 9.90 Å². The quantitative estimate of drug-likeness (QED) is 0.799. The van der Waals surface area contributed by atoms with Crippen LogP contribution in [0.25, 0.3) is 0 Å². The third kappa shape index (κ3) is 2.70. The fraction of sp³-hybridized carbons (Fsp3) is 0.200. The minimum Gasteiger partial charge on any atom is -0.478 e. The first kappa shape index (κ1) is 11.5. The van der Waals surface area contributed by atoms with Gasteiger partial charge in [-0.2, -0.15) is 0 Å². The highest BCUT2D eigenvalue weighted by atomic mass is 35.5. The van der Waals surface area contributed by atoms with E-state index in [2.05, 4.69) is 11.6 Å². The first-order chi connectivity index (χ1) is 7.06. The van der Waals surface area contributed by atoms with Gasteiger partial charge in [0.1, 0.15) is 5.82 Å². The van der Waals surface area contributed by atoms with Crippen LogP contribution in [0.3, 0.4) is 0 Å². The van der Waals surface area contributed by atoms with Gasteiger partial charge in [0.15, 0.2) is 0 Å². The van der Waals surface area contributed by atoms with Gasteiger partial charge in [0, 0.05) is 19.8 Å². The van der Waals surface area contributed by atoms with Crippen LogP contribution in [-0.2, 0) is 0 Å². The second kappa shape index (κ2) is 4.79. The number of halogens is 1. The predicted octanol–water partition coefficient (Wildman–Crippen LogP) is 2.06. The van der Waals surface area contributed by atoms with E-state index in [0.29, 0.717) is 17.4 Å². The molecule has 0 saturated carbocycles. The highest BCUT2D eigenvalue weighted by molar-refractivity contribution is 6.33. The van der Waals surface area contributed by atoms with Crippen LogP contribution in [0.5, 0.6) is 0 Å². The molecule has 0 aromatic carbocycles. The number of anilines is 1. The molecule has 5 heteroatoms. The second-order valence-corrected chi connectivity index (χ2v) is 3.41. The van der Waals surface area contributed by atoms with Gasteiger partial charge in [0.2, 0.25) is 0 Å². The third-order valence-corrected chi connectivity index (χ3v) is 2.11. The van der Waals surface area contributed by atoms with Crippen molar-refractivity contribution in [3.63, 3.8) is 0 Å². The average Bonchev–Trinajstić information content (AvgIpc) is 2.17. The molecule has 0 atom stereocenters. The number of likely N-dealkylation sites (N-methyl/N-ethyl adjacent to an activating group) is 1. The second-order valence-electron chi connectivity index (χ2n) is 3.00. The third-order valence-electron chi connectivity index (χ3n) is 1.83. The van der Waals surface area contributed by atoms with Crippen LogP contribution in [0.4, 0.5) is 5.82 Å². The molecule has 0 fully saturated rings. The van der Waals surface area contributed by atoms with Gasteiger partial charge < -0.3 is 10.0 Å². The predicted molar refractivity (Wildman–Crippen MR) is 59.7 cm³/mol. The minimum atomic E-state index is -1.04. The zero-order valence-electron chi connectivity index (χ0n) is 8.27. The molecule has 1 N–H and O–H groups in total. The molecule has 0 bridgehead atoms. The fourth-order valence-corrected chi connectivity index (χ4v) is 1.42. The molecule has 80 valence electrons. The lowest BCUT2D eigenvalue weighted by molar-refractivity contribution is 0.0696. The highest BCUT2D eigenvalue weighted by Gasteiger charge is 2.10. The molecule has 0 radical (unpaired) electrons. The standard InChI is InChI=1S/C10H11ClN2O2/c1-3-4-13(2)9-8(11)5-7(6-12-9)10(14)15/h3,5-6H,1,4H2,2H3,(H,14,15). The van der Waals surface area contributed by atoms with Crippen LogP contribution in [0.15, 0.2) is 24.9 Å². The van der Waals surface area contributed by atoms with Gasteiger partial charge in [-0.3, -0.25) is 0 Å². The van der Waals surface area contributed by atoms with E-state index in [9.17, 15) is 4.79 Å². The molecule has 15 heavy (non-hydrogen) atoms. The maximum Gasteiger partial charge on any atom is 0.337 e. The summed E-state index contributed by atoms with van der Waals surface area (Å²) < 4.78 is 0. The van der Waals surface area contributed by atoms with Gasteiger partial charge >= 0.3 is 5.97 Å². The molecule has 0 saturated heterocycles. The van der Waals surface area contributed by atoms with Crippen LogP contribution in [-0.4, -0.2) is 29.7 Å². The summed E-state index contributed by atoms with van der Waals surface area (Å²) in [6.07, 6.45) is 2.99. The van der Waals surface area contributed by atoms with Crippen molar-refractivity contribution >= 4 is 23.4 Å². The lowest BCUT2D eigenvalue weighted by atomic mass is 10.3. The lowest BCUT2D eigenvalue weighted by Crippen LogP contribution is -2.18. The number of carbonyl (C=O) groups is 1. The molecule has 4 nitrogen and oxygen atoms in total. The number of aromatic nitrogens is 1. The first-order valence-electron chi connectivity index (χ1n) is 4.27. The number of carboxylic acids is 1. The van der Waals surface area contributed by atoms with Crippen molar-refractivity contribution in [2.24, 2.45) is 0 Å². The van der Waals surface area contributed by atoms with E-state index < -0.39 is 5.97 Å². The van der Waals surface area contributed by atoms with E-state index in [1.165, 1.54) is 12.3 Å². The number of hydrogen-bond acceptors (Lipinski definition) is 3. The molecule has 1 heterocycles. The molecular formula is C10H11ClN2O2. The normalized spacial score (nSPS) is 9.73. The van der Waals surface area contributed by atoms with E-state index in [4.69, 9.17) is 16.7 Å². The lowest BCUT2D eigenvalue weighted by Gasteiger charge is -2.17. The van der Waals surface area contributed by atoms with Gasteiger partial charge in [-0.1, -0.05) is 17.7 Å².